The van der Waals surface area contributed by atoms with Crippen LogP contribution in [0.3, 0.4) is 0 Å². The van der Waals surface area contributed by atoms with E-state index in [0.29, 0.717) is 28.1 Å². The molecule has 4 aromatic carbocycles. The fourth-order valence-electron chi connectivity index (χ4n) is 4.78. The molecule has 1 heterocycles. The fourth-order valence-corrected chi connectivity index (χ4v) is 5.22. The van der Waals surface area contributed by atoms with Crippen LogP contribution in [-0.2, 0) is 4.79 Å². The Kier molecular flexibility index (Phi) is 5.71. The van der Waals surface area contributed by atoms with Crippen molar-refractivity contribution in [2.45, 2.75) is 6.42 Å². The average Bonchev–Trinajstić information content (AvgIpc) is 2.91. The summed E-state index contributed by atoms with van der Waals surface area (Å²) in [4.78, 5) is 40.7. The minimum absolute atomic E-state index is 0.125. The molecule has 0 unspecified atom stereocenters. The van der Waals surface area contributed by atoms with E-state index >= 15 is 0 Å². The molecule has 0 N–H and O–H groups in total. The number of halogens is 2. The smallest absolute Gasteiger partial charge is 0.196 e. The largest absolute Gasteiger partial charge is 0.294 e. The van der Waals surface area contributed by atoms with Crippen LogP contribution in [0.15, 0.2) is 78.9 Å². The van der Waals surface area contributed by atoms with Crippen molar-refractivity contribution in [2.24, 2.45) is 0 Å². The molecule has 178 valence electrons. The zero-order valence-electron chi connectivity index (χ0n) is 19.3. The summed E-state index contributed by atoms with van der Waals surface area (Å²) in [6.45, 7) is 0. The first kappa shape index (κ1) is 23.3. The molecular formula is C31H17Cl2NO3. The van der Waals surface area contributed by atoms with Gasteiger partial charge in [-0.2, -0.15) is 0 Å². The Labute approximate surface area is 221 Å². The van der Waals surface area contributed by atoms with Gasteiger partial charge in [0.05, 0.1) is 21.5 Å². The normalized spacial score (nSPS) is 13.6. The molecule has 0 saturated carbocycles. The van der Waals surface area contributed by atoms with Gasteiger partial charge in [0.25, 0.3) is 0 Å². The summed E-state index contributed by atoms with van der Waals surface area (Å²) in [5, 5.41) is 6.13. The summed E-state index contributed by atoms with van der Waals surface area (Å²) in [6.07, 6.45) is 4.08. The molecule has 7 rings (SSSR count). The number of carbonyl (C=O) groups excluding carboxylic acids is 3. The number of carbonyl (C=O) groups is 3. The van der Waals surface area contributed by atoms with Crippen LogP contribution in [0.1, 0.15) is 38.3 Å². The summed E-state index contributed by atoms with van der Waals surface area (Å²) in [7, 11) is 0. The van der Waals surface area contributed by atoms with Gasteiger partial charge in [0.2, 0.25) is 0 Å². The number of hydrogen-bond donors (Lipinski definition) is 0. The van der Waals surface area contributed by atoms with Crippen LogP contribution in [0.2, 0.25) is 10.0 Å². The minimum Gasteiger partial charge on any atom is -0.294 e. The van der Waals surface area contributed by atoms with Crippen molar-refractivity contribution < 1.29 is 14.4 Å². The summed E-state index contributed by atoms with van der Waals surface area (Å²) >= 11 is 11.9. The molecule has 0 bridgehead atoms. The maximum atomic E-state index is 12.3. The van der Waals surface area contributed by atoms with Gasteiger partial charge >= 0.3 is 0 Å². The molecule has 0 atom stereocenters. The van der Waals surface area contributed by atoms with Crippen LogP contribution in [0, 0.1) is 0 Å². The number of hydrogen-bond acceptors (Lipinski definition) is 4. The third-order valence-electron chi connectivity index (χ3n) is 6.56. The second-order valence-electron chi connectivity index (χ2n) is 8.85. The lowest BCUT2D eigenvalue weighted by atomic mass is 9.84. The number of aromatic nitrogens is 1. The lowest BCUT2D eigenvalue weighted by Crippen LogP contribution is -2.32. The number of Topliss-reactive ketones (excluding diaryl/α,β-unsaturated/α-hetero) is 1. The number of fused-ring (bicyclic) bond motifs is 6. The standard InChI is InChI=1S/C17H11NO.C14H6Cl2O2/c19-13-7-5-12-9-15-14-4-2-1-3-11(14)6-8-16(15)18-17(12)10-13;15-7-4-5-8-10(6-7)14(18)12-9(13(8)17)2-1-3-11(12)16/h1-6,8-10H,7H2;1-6H. The predicted molar refractivity (Wildman–Crippen MR) is 147 cm³/mol. The maximum absolute atomic E-state index is 12.3. The Morgan fingerprint density at radius 1 is 0.703 bits per heavy atom. The van der Waals surface area contributed by atoms with Crippen LogP contribution < -0.4 is 10.6 Å². The van der Waals surface area contributed by atoms with Crippen molar-refractivity contribution in [3.05, 3.63) is 122 Å². The quantitative estimate of drug-likeness (QED) is 0.241. The predicted octanol–water partition coefficient (Wildman–Crippen LogP) is 5.69. The highest BCUT2D eigenvalue weighted by molar-refractivity contribution is 6.39. The molecule has 0 amide bonds. The van der Waals surface area contributed by atoms with Crippen LogP contribution in [-0.4, -0.2) is 22.3 Å². The highest BCUT2D eigenvalue weighted by atomic mass is 35.5. The molecule has 0 fully saturated rings. The van der Waals surface area contributed by atoms with Crippen molar-refractivity contribution in [3.63, 3.8) is 0 Å². The molecule has 0 spiro atoms. The van der Waals surface area contributed by atoms with Crippen LogP contribution in [0.5, 0.6) is 0 Å². The number of rotatable bonds is 0. The minimum atomic E-state index is -0.257. The molecule has 1 aromatic heterocycles. The van der Waals surface area contributed by atoms with E-state index in [1.807, 2.05) is 24.3 Å². The van der Waals surface area contributed by atoms with Gasteiger partial charge in [-0.05, 0) is 52.4 Å². The van der Waals surface area contributed by atoms with Gasteiger partial charge in [-0.3, -0.25) is 14.4 Å². The Bertz CT molecular complexity index is 1940. The van der Waals surface area contributed by atoms with E-state index in [-0.39, 0.29) is 27.9 Å². The van der Waals surface area contributed by atoms with Gasteiger partial charge in [0, 0.05) is 39.6 Å². The van der Waals surface area contributed by atoms with Crippen LogP contribution in [0.25, 0.3) is 33.8 Å². The van der Waals surface area contributed by atoms with Crippen molar-refractivity contribution in [3.8, 4) is 0 Å². The van der Waals surface area contributed by atoms with Gasteiger partial charge in [-0.25, -0.2) is 4.98 Å². The first-order valence-corrected chi connectivity index (χ1v) is 12.4. The molecule has 0 saturated heterocycles. The highest BCUT2D eigenvalue weighted by Crippen LogP contribution is 2.32. The lowest BCUT2D eigenvalue weighted by molar-refractivity contribution is -0.112. The van der Waals surface area contributed by atoms with E-state index in [2.05, 4.69) is 29.2 Å². The van der Waals surface area contributed by atoms with Crippen LogP contribution >= 0.6 is 23.2 Å². The topological polar surface area (TPSA) is 64.1 Å². The van der Waals surface area contributed by atoms with E-state index in [9.17, 15) is 14.4 Å². The summed E-state index contributed by atoms with van der Waals surface area (Å²) < 4.78 is 0. The molecule has 5 aromatic rings. The summed E-state index contributed by atoms with van der Waals surface area (Å²) in [6, 6.07) is 24.1. The van der Waals surface area contributed by atoms with E-state index in [4.69, 9.17) is 23.2 Å². The third kappa shape index (κ3) is 4.05. The van der Waals surface area contributed by atoms with Crippen molar-refractivity contribution in [2.75, 3.05) is 0 Å². The summed E-state index contributed by atoms with van der Waals surface area (Å²) in [5.41, 5.74) is 2.24. The fraction of sp³-hybridized carbons (Fsp3) is 0.0323. The molecule has 2 aliphatic rings. The first-order valence-electron chi connectivity index (χ1n) is 11.6. The SMILES string of the molecule is O=C1C=c2nc3ccc4ccccc4c3cc2=CC1.O=C1c2ccc(Cl)cc2C(=O)c2c(Cl)cccc21. The Morgan fingerprint density at radius 3 is 2.41 bits per heavy atom. The summed E-state index contributed by atoms with van der Waals surface area (Å²) in [5.74, 6) is -0.327. The first-order chi connectivity index (χ1) is 17.9. The number of ketones is 3. The van der Waals surface area contributed by atoms with E-state index in [1.54, 1.807) is 36.4 Å². The number of nitrogens with zero attached hydrogens (tertiary/aromatic N) is 1. The molecule has 4 nitrogen and oxygen atoms in total. The number of benzene rings is 4. The molecule has 0 aliphatic heterocycles. The second kappa shape index (κ2) is 9.07. The molecule has 6 heteroatoms. The monoisotopic (exact) mass is 521 g/mol. The lowest BCUT2D eigenvalue weighted by Gasteiger charge is -2.18. The Morgan fingerprint density at radius 2 is 1.54 bits per heavy atom. The number of pyridine rings is 1. The van der Waals surface area contributed by atoms with E-state index < -0.39 is 0 Å². The zero-order chi connectivity index (χ0) is 25.7. The molecule has 0 radical (unpaired) electrons. The van der Waals surface area contributed by atoms with E-state index in [0.717, 1.165) is 21.5 Å². The van der Waals surface area contributed by atoms with Gasteiger partial charge < -0.3 is 0 Å². The van der Waals surface area contributed by atoms with Crippen molar-refractivity contribution >= 4 is 74.4 Å². The van der Waals surface area contributed by atoms with Gasteiger partial charge in [-0.15, -0.1) is 0 Å². The van der Waals surface area contributed by atoms with Gasteiger partial charge in [0.15, 0.2) is 17.3 Å². The van der Waals surface area contributed by atoms with Crippen LogP contribution in [0.4, 0.5) is 0 Å². The van der Waals surface area contributed by atoms with Crippen molar-refractivity contribution in [1.82, 2.24) is 4.98 Å². The highest BCUT2D eigenvalue weighted by Gasteiger charge is 2.31. The Hall–Kier alpha value is -4.12. The molecule has 37 heavy (non-hydrogen) atoms. The average molecular weight is 522 g/mol. The van der Waals surface area contributed by atoms with Gasteiger partial charge in [0.1, 0.15) is 0 Å². The van der Waals surface area contributed by atoms with Crippen molar-refractivity contribution in [1.29, 1.82) is 0 Å². The Balaban J connectivity index is 0.000000136. The third-order valence-corrected chi connectivity index (χ3v) is 7.11. The molecular weight excluding hydrogens is 505 g/mol. The maximum Gasteiger partial charge on any atom is 0.196 e. The second-order valence-corrected chi connectivity index (χ2v) is 9.69. The van der Waals surface area contributed by atoms with Gasteiger partial charge in [-0.1, -0.05) is 71.7 Å². The zero-order valence-corrected chi connectivity index (χ0v) is 20.8. The molecule has 2 aliphatic carbocycles. The van der Waals surface area contributed by atoms with E-state index in [1.165, 1.54) is 16.8 Å².